The van der Waals surface area contributed by atoms with E-state index in [1.807, 2.05) is 30.3 Å². The van der Waals surface area contributed by atoms with E-state index >= 15 is 0 Å². The van der Waals surface area contributed by atoms with Gasteiger partial charge in [0.15, 0.2) is 0 Å². The van der Waals surface area contributed by atoms with Crippen LogP contribution in [0.1, 0.15) is 5.56 Å². The first-order valence-corrected chi connectivity index (χ1v) is 6.28. The molecule has 2 aromatic carbocycles. The molecule has 88 valence electrons. The predicted octanol–water partition coefficient (Wildman–Crippen LogP) is 4.35. The van der Waals surface area contributed by atoms with Crippen molar-refractivity contribution in [2.75, 3.05) is 0 Å². The van der Waals surface area contributed by atoms with Crippen LogP contribution in [0, 0.1) is 0 Å². The minimum Gasteiger partial charge on any atom is -0.457 e. The maximum absolute atomic E-state index is 5.90. The first-order chi connectivity index (χ1) is 8.20. The Hall–Kier alpha value is -1.03. The predicted molar refractivity (Wildman–Crippen MR) is 73.6 cm³/mol. The van der Waals surface area contributed by atoms with Crippen LogP contribution in [0.2, 0.25) is 5.02 Å². The molecule has 0 heterocycles. The number of hydrogen-bond acceptors (Lipinski definition) is 2. The van der Waals surface area contributed by atoms with Crippen LogP contribution in [-0.2, 0) is 6.54 Å². The van der Waals surface area contributed by atoms with Crippen LogP contribution in [0.3, 0.4) is 0 Å². The van der Waals surface area contributed by atoms with Crippen LogP contribution < -0.4 is 10.5 Å². The fourth-order valence-electron chi connectivity index (χ4n) is 1.49. The van der Waals surface area contributed by atoms with E-state index in [0.29, 0.717) is 17.3 Å². The first-order valence-electron chi connectivity index (χ1n) is 5.11. The molecule has 0 aromatic heterocycles. The zero-order valence-electron chi connectivity index (χ0n) is 8.99. The summed E-state index contributed by atoms with van der Waals surface area (Å²) in [6, 6.07) is 13.0. The summed E-state index contributed by atoms with van der Waals surface area (Å²) in [6.07, 6.45) is 0. The highest BCUT2D eigenvalue weighted by Crippen LogP contribution is 2.31. The van der Waals surface area contributed by atoms with Crippen molar-refractivity contribution >= 4 is 27.5 Å². The van der Waals surface area contributed by atoms with Gasteiger partial charge >= 0.3 is 0 Å². The Morgan fingerprint density at radius 3 is 2.65 bits per heavy atom. The van der Waals surface area contributed by atoms with Crippen LogP contribution in [0.5, 0.6) is 11.5 Å². The van der Waals surface area contributed by atoms with Gasteiger partial charge in [-0.15, -0.1) is 0 Å². The van der Waals surface area contributed by atoms with Gasteiger partial charge in [0.1, 0.15) is 11.5 Å². The third kappa shape index (κ3) is 3.00. The fourth-order valence-corrected chi connectivity index (χ4v) is 2.18. The molecule has 2 nitrogen and oxygen atoms in total. The zero-order chi connectivity index (χ0) is 12.3. The second kappa shape index (κ2) is 5.54. The first kappa shape index (κ1) is 12.4. The summed E-state index contributed by atoms with van der Waals surface area (Å²) in [5.41, 5.74) is 6.64. The standard InChI is InChI=1S/C13H11BrClNO/c14-12-5-2-6-13(11(12)8-16)17-10-4-1-3-9(15)7-10/h1-7H,8,16H2. The lowest BCUT2D eigenvalue weighted by Gasteiger charge is -2.11. The van der Waals surface area contributed by atoms with Gasteiger partial charge in [-0.1, -0.05) is 39.7 Å². The summed E-state index contributed by atoms with van der Waals surface area (Å²) in [5, 5.41) is 0.645. The topological polar surface area (TPSA) is 35.2 Å². The maximum Gasteiger partial charge on any atom is 0.133 e. The van der Waals surface area contributed by atoms with Crippen LogP contribution in [-0.4, -0.2) is 0 Å². The van der Waals surface area contributed by atoms with Crippen molar-refractivity contribution in [3.05, 3.63) is 57.5 Å². The molecule has 0 spiro atoms. The average molecular weight is 313 g/mol. The van der Waals surface area contributed by atoms with Gasteiger partial charge in [0.2, 0.25) is 0 Å². The van der Waals surface area contributed by atoms with Crippen molar-refractivity contribution in [2.24, 2.45) is 5.73 Å². The lowest BCUT2D eigenvalue weighted by molar-refractivity contribution is 0.476. The molecule has 0 aliphatic carbocycles. The molecule has 0 bridgehead atoms. The monoisotopic (exact) mass is 311 g/mol. The Morgan fingerprint density at radius 2 is 1.94 bits per heavy atom. The van der Waals surface area contributed by atoms with Gasteiger partial charge in [-0.2, -0.15) is 0 Å². The van der Waals surface area contributed by atoms with Gasteiger partial charge in [-0.05, 0) is 30.3 Å². The minimum absolute atomic E-state index is 0.414. The Kier molecular flexibility index (Phi) is 4.05. The van der Waals surface area contributed by atoms with Crippen LogP contribution >= 0.6 is 27.5 Å². The highest BCUT2D eigenvalue weighted by Gasteiger charge is 2.07. The Morgan fingerprint density at radius 1 is 1.18 bits per heavy atom. The van der Waals surface area contributed by atoms with Crippen LogP contribution in [0.4, 0.5) is 0 Å². The highest BCUT2D eigenvalue weighted by molar-refractivity contribution is 9.10. The molecule has 2 rings (SSSR count). The van der Waals surface area contributed by atoms with E-state index in [2.05, 4.69) is 15.9 Å². The molecular weight excluding hydrogens is 302 g/mol. The van der Waals surface area contributed by atoms with Crippen molar-refractivity contribution in [3.8, 4) is 11.5 Å². The van der Waals surface area contributed by atoms with Crippen molar-refractivity contribution in [3.63, 3.8) is 0 Å². The second-order valence-corrected chi connectivity index (χ2v) is 4.77. The summed E-state index contributed by atoms with van der Waals surface area (Å²) >= 11 is 9.35. The van der Waals surface area contributed by atoms with Crippen molar-refractivity contribution in [1.29, 1.82) is 0 Å². The van der Waals surface area contributed by atoms with Gasteiger partial charge in [-0.25, -0.2) is 0 Å². The smallest absolute Gasteiger partial charge is 0.133 e. The number of hydrogen-bond donors (Lipinski definition) is 1. The number of benzene rings is 2. The molecule has 0 aliphatic heterocycles. The number of halogens is 2. The van der Waals surface area contributed by atoms with Gasteiger partial charge in [0, 0.05) is 21.6 Å². The molecule has 0 saturated carbocycles. The molecular formula is C13H11BrClNO. The zero-order valence-corrected chi connectivity index (χ0v) is 11.3. The summed E-state index contributed by atoms with van der Waals surface area (Å²) in [6.45, 7) is 0.414. The fraction of sp³-hybridized carbons (Fsp3) is 0.0769. The Bertz CT molecular complexity index is 531. The Labute approximate surface area is 113 Å². The largest absolute Gasteiger partial charge is 0.457 e. The Balaban J connectivity index is 2.33. The number of ether oxygens (including phenoxy) is 1. The van der Waals surface area contributed by atoms with E-state index in [4.69, 9.17) is 22.1 Å². The van der Waals surface area contributed by atoms with E-state index in [-0.39, 0.29) is 0 Å². The molecule has 17 heavy (non-hydrogen) atoms. The third-order valence-corrected chi connectivity index (χ3v) is 3.28. The summed E-state index contributed by atoms with van der Waals surface area (Å²) in [4.78, 5) is 0. The quantitative estimate of drug-likeness (QED) is 0.914. The summed E-state index contributed by atoms with van der Waals surface area (Å²) < 4.78 is 6.71. The maximum atomic E-state index is 5.90. The lowest BCUT2D eigenvalue weighted by Crippen LogP contribution is -2.00. The third-order valence-electron chi connectivity index (χ3n) is 2.30. The van der Waals surface area contributed by atoms with Crippen LogP contribution in [0.25, 0.3) is 0 Å². The van der Waals surface area contributed by atoms with Gasteiger partial charge < -0.3 is 10.5 Å². The molecule has 2 N–H and O–H groups in total. The van der Waals surface area contributed by atoms with Gasteiger partial charge in [-0.3, -0.25) is 0 Å². The van der Waals surface area contributed by atoms with E-state index < -0.39 is 0 Å². The average Bonchev–Trinajstić information content (AvgIpc) is 2.29. The number of rotatable bonds is 3. The van der Waals surface area contributed by atoms with Crippen molar-refractivity contribution in [1.82, 2.24) is 0 Å². The molecule has 0 radical (unpaired) electrons. The molecule has 0 amide bonds. The molecule has 0 saturated heterocycles. The molecule has 0 atom stereocenters. The SMILES string of the molecule is NCc1c(Br)cccc1Oc1cccc(Cl)c1. The normalized spacial score (nSPS) is 10.3. The molecule has 0 aliphatic rings. The summed E-state index contributed by atoms with van der Waals surface area (Å²) in [7, 11) is 0. The van der Waals surface area contributed by atoms with E-state index in [9.17, 15) is 0 Å². The highest BCUT2D eigenvalue weighted by atomic mass is 79.9. The van der Waals surface area contributed by atoms with E-state index in [0.717, 1.165) is 15.8 Å². The molecule has 2 aromatic rings. The lowest BCUT2D eigenvalue weighted by atomic mass is 10.2. The van der Waals surface area contributed by atoms with E-state index in [1.54, 1.807) is 12.1 Å². The second-order valence-electron chi connectivity index (χ2n) is 3.48. The van der Waals surface area contributed by atoms with Crippen LogP contribution in [0.15, 0.2) is 46.9 Å². The van der Waals surface area contributed by atoms with E-state index in [1.165, 1.54) is 0 Å². The van der Waals surface area contributed by atoms with Crippen molar-refractivity contribution < 1.29 is 4.74 Å². The molecule has 4 heteroatoms. The van der Waals surface area contributed by atoms with Crippen molar-refractivity contribution in [2.45, 2.75) is 6.54 Å². The number of nitrogens with two attached hydrogens (primary N) is 1. The summed E-state index contributed by atoms with van der Waals surface area (Å²) in [5.74, 6) is 1.44. The van der Waals surface area contributed by atoms with Gasteiger partial charge in [0.05, 0.1) is 0 Å². The molecule has 0 unspecified atom stereocenters. The molecule has 0 fully saturated rings. The minimum atomic E-state index is 0.414. The van der Waals surface area contributed by atoms with Gasteiger partial charge in [0.25, 0.3) is 0 Å².